The molecule has 3 aromatic rings. The first-order chi connectivity index (χ1) is 10.2. The molecule has 0 atom stereocenters. The van der Waals surface area contributed by atoms with Crippen LogP contribution in [0.2, 0.25) is 0 Å². The average molecular weight is 277 g/mol. The van der Waals surface area contributed by atoms with Crippen molar-refractivity contribution in [2.75, 3.05) is 11.5 Å². The molecule has 0 aliphatic rings. The second-order valence-corrected chi connectivity index (χ2v) is 4.59. The van der Waals surface area contributed by atoms with Gasteiger partial charge in [-0.2, -0.15) is 4.98 Å². The fourth-order valence-corrected chi connectivity index (χ4v) is 2.05. The quantitative estimate of drug-likeness (QED) is 0.765. The number of hydrogen-bond donors (Lipinski definition) is 2. The van der Waals surface area contributed by atoms with Gasteiger partial charge in [-0.3, -0.25) is 0 Å². The summed E-state index contributed by atoms with van der Waals surface area (Å²) in [5.74, 6) is 1.41. The summed E-state index contributed by atoms with van der Waals surface area (Å²) in [6.07, 6.45) is 0. The second-order valence-electron chi connectivity index (χ2n) is 4.59. The molecule has 1 aromatic heterocycles. The zero-order valence-corrected chi connectivity index (χ0v) is 11.4. The predicted molar refractivity (Wildman–Crippen MR) is 85.0 cm³/mol. The van der Waals surface area contributed by atoms with Crippen LogP contribution < -0.4 is 16.2 Å². The van der Waals surface area contributed by atoms with Crippen molar-refractivity contribution in [3.05, 3.63) is 66.7 Å². The van der Waals surface area contributed by atoms with Gasteiger partial charge in [-0.15, -0.1) is 0 Å². The molecule has 0 aliphatic carbocycles. The minimum atomic E-state index is 0.268. The standard InChI is InChI=1S/C17H15N3O/c18-14-10-11-16(20-17(14)19)21-15-9-5-4-8-13(15)12-6-2-1-3-7-12/h1-11H,18H2,(H2,19,20). The van der Waals surface area contributed by atoms with E-state index in [1.165, 1.54) is 0 Å². The Balaban J connectivity index is 1.98. The third-order valence-electron chi connectivity index (χ3n) is 3.12. The molecule has 104 valence electrons. The van der Waals surface area contributed by atoms with E-state index in [1.54, 1.807) is 12.1 Å². The molecule has 3 rings (SSSR count). The molecule has 1 heterocycles. The maximum Gasteiger partial charge on any atom is 0.221 e. The number of pyridine rings is 1. The molecule has 0 amide bonds. The minimum Gasteiger partial charge on any atom is -0.438 e. The number of anilines is 2. The zero-order chi connectivity index (χ0) is 14.7. The lowest BCUT2D eigenvalue weighted by molar-refractivity contribution is 0.466. The Hall–Kier alpha value is -3.01. The summed E-state index contributed by atoms with van der Waals surface area (Å²) in [4.78, 5) is 4.13. The van der Waals surface area contributed by atoms with Crippen molar-refractivity contribution >= 4 is 11.5 Å². The van der Waals surface area contributed by atoms with E-state index in [-0.39, 0.29) is 5.82 Å². The molecule has 4 N–H and O–H groups in total. The first-order valence-corrected chi connectivity index (χ1v) is 6.58. The first kappa shape index (κ1) is 13.0. The van der Waals surface area contributed by atoms with Crippen LogP contribution >= 0.6 is 0 Å². The summed E-state index contributed by atoms with van der Waals surface area (Å²) >= 11 is 0. The highest BCUT2D eigenvalue weighted by Crippen LogP contribution is 2.33. The van der Waals surface area contributed by atoms with Gasteiger partial charge in [0.2, 0.25) is 5.88 Å². The lowest BCUT2D eigenvalue weighted by atomic mass is 10.1. The number of rotatable bonds is 3. The molecule has 0 spiro atoms. The monoisotopic (exact) mass is 277 g/mol. The molecular formula is C17H15N3O. The van der Waals surface area contributed by atoms with E-state index in [0.29, 0.717) is 11.6 Å². The van der Waals surface area contributed by atoms with Gasteiger partial charge in [0.05, 0.1) is 5.69 Å². The molecule has 4 nitrogen and oxygen atoms in total. The van der Waals surface area contributed by atoms with Crippen molar-refractivity contribution in [1.29, 1.82) is 0 Å². The molecule has 0 radical (unpaired) electrons. The molecule has 21 heavy (non-hydrogen) atoms. The van der Waals surface area contributed by atoms with Crippen LogP contribution in [0.4, 0.5) is 11.5 Å². The fourth-order valence-electron chi connectivity index (χ4n) is 2.05. The van der Waals surface area contributed by atoms with Crippen LogP contribution in [0, 0.1) is 0 Å². The Bertz CT molecular complexity index is 757. The number of benzene rings is 2. The van der Waals surface area contributed by atoms with Crippen LogP contribution in [0.5, 0.6) is 11.6 Å². The first-order valence-electron chi connectivity index (χ1n) is 6.58. The smallest absolute Gasteiger partial charge is 0.221 e. The third-order valence-corrected chi connectivity index (χ3v) is 3.12. The SMILES string of the molecule is Nc1ccc(Oc2ccccc2-c2ccccc2)nc1N. The highest BCUT2D eigenvalue weighted by molar-refractivity contribution is 5.70. The van der Waals surface area contributed by atoms with Gasteiger partial charge >= 0.3 is 0 Å². The van der Waals surface area contributed by atoms with Crippen molar-refractivity contribution in [2.45, 2.75) is 0 Å². The van der Waals surface area contributed by atoms with E-state index in [2.05, 4.69) is 4.98 Å². The number of hydrogen-bond acceptors (Lipinski definition) is 4. The summed E-state index contributed by atoms with van der Waals surface area (Å²) in [5, 5.41) is 0. The van der Waals surface area contributed by atoms with Gasteiger partial charge in [-0.1, -0.05) is 48.5 Å². The molecule has 0 bridgehead atoms. The van der Waals surface area contributed by atoms with Crippen LogP contribution in [0.15, 0.2) is 66.7 Å². The molecule has 0 fully saturated rings. The lowest BCUT2D eigenvalue weighted by Crippen LogP contribution is -1.99. The van der Waals surface area contributed by atoms with E-state index in [4.69, 9.17) is 16.2 Å². The van der Waals surface area contributed by atoms with Gasteiger partial charge < -0.3 is 16.2 Å². The summed E-state index contributed by atoms with van der Waals surface area (Å²) in [5.41, 5.74) is 13.9. The highest BCUT2D eigenvalue weighted by atomic mass is 16.5. The van der Waals surface area contributed by atoms with Crippen LogP contribution in [-0.2, 0) is 0 Å². The van der Waals surface area contributed by atoms with Gasteiger partial charge in [-0.05, 0) is 17.7 Å². The molecule has 0 aliphatic heterocycles. The number of nitrogen functional groups attached to an aromatic ring is 2. The van der Waals surface area contributed by atoms with Crippen LogP contribution in [0.25, 0.3) is 11.1 Å². The molecule has 0 unspecified atom stereocenters. The van der Waals surface area contributed by atoms with Crippen molar-refractivity contribution < 1.29 is 4.74 Å². The average Bonchev–Trinajstić information content (AvgIpc) is 2.52. The maximum atomic E-state index is 5.85. The zero-order valence-electron chi connectivity index (χ0n) is 11.4. The molecule has 2 aromatic carbocycles. The minimum absolute atomic E-state index is 0.268. The van der Waals surface area contributed by atoms with Crippen molar-refractivity contribution in [1.82, 2.24) is 4.98 Å². The number of para-hydroxylation sites is 1. The highest BCUT2D eigenvalue weighted by Gasteiger charge is 2.08. The topological polar surface area (TPSA) is 74.2 Å². The van der Waals surface area contributed by atoms with Crippen molar-refractivity contribution in [3.63, 3.8) is 0 Å². The van der Waals surface area contributed by atoms with Crippen molar-refractivity contribution in [3.8, 4) is 22.8 Å². The third kappa shape index (κ3) is 2.79. The molecule has 0 saturated heterocycles. The summed E-state index contributed by atoms with van der Waals surface area (Å²) < 4.78 is 5.85. The van der Waals surface area contributed by atoms with E-state index in [1.807, 2.05) is 54.6 Å². The van der Waals surface area contributed by atoms with E-state index >= 15 is 0 Å². The van der Waals surface area contributed by atoms with Gasteiger partial charge in [0.15, 0.2) is 5.82 Å². The normalized spacial score (nSPS) is 10.3. The Morgan fingerprint density at radius 2 is 1.48 bits per heavy atom. The van der Waals surface area contributed by atoms with Crippen molar-refractivity contribution in [2.24, 2.45) is 0 Å². The molecular weight excluding hydrogens is 262 g/mol. The van der Waals surface area contributed by atoms with Crippen LogP contribution in [-0.4, -0.2) is 4.98 Å². The van der Waals surface area contributed by atoms with Crippen LogP contribution in [0.1, 0.15) is 0 Å². The van der Waals surface area contributed by atoms with Gasteiger partial charge in [0, 0.05) is 11.6 Å². The number of aromatic nitrogens is 1. The lowest BCUT2D eigenvalue weighted by Gasteiger charge is -2.11. The predicted octanol–water partition coefficient (Wildman–Crippen LogP) is 3.71. The Morgan fingerprint density at radius 1 is 0.762 bits per heavy atom. The second kappa shape index (κ2) is 5.54. The Morgan fingerprint density at radius 3 is 2.24 bits per heavy atom. The number of ether oxygens (including phenoxy) is 1. The Kier molecular flexibility index (Phi) is 3.43. The van der Waals surface area contributed by atoms with E-state index in [9.17, 15) is 0 Å². The van der Waals surface area contributed by atoms with Gasteiger partial charge in [0.25, 0.3) is 0 Å². The number of nitrogens with zero attached hydrogens (tertiary/aromatic N) is 1. The van der Waals surface area contributed by atoms with Crippen LogP contribution in [0.3, 0.4) is 0 Å². The largest absolute Gasteiger partial charge is 0.438 e. The van der Waals surface area contributed by atoms with Gasteiger partial charge in [-0.25, -0.2) is 0 Å². The summed E-state index contributed by atoms with van der Waals surface area (Å²) in [7, 11) is 0. The van der Waals surface area contributed by atoms with E-state index in [0.717, 1.165) is 16.9 Å². The fraction of sp³-hybridized carbons (Fsp3) is 0. The summed E-state index contributed by atoms with van der Waals surface area (Å²) in [6.45, 7) is 0. The molecule has 4 heteroatoms. The number of nitrogens with two attached hydrogens (primary N) is 2. The Labute approximate surface area is 123 Å². The van der Waals surface area contributed by atoms with Gasteiger partial charge in [0.1, 0.15) is 5.75 Å². The molecule has 0 saturated carbocycles. The van der Waals surface area contributed by atoms with E-state index < -0.39 is 0 Å². The summed E-state index contributed by atoms with van der Waals surface area (Å²) in [6, 6.07) is 21.2. The maximum absolute atomic E-state index is 5.85.